The summed E-state index contributed by atoms with van der Waals surface area (Å²) in [5, 5.41) is 3.03. The van der Waals surface area contributed by atoms with Gasteiger partial charge in [-0.15, -0.1) is 0 Å². The van der Waals surface area contributed by atoms with Gasteiger partial charge in [0.1, 0.15) is 0 Å². The minimum atomic E-state index is 0.124. The van der Waals surface area contributed by atoms with Crippen LogP contribution in [0.1, 0.15) is 44.6 Å². The van der Waals surface area contributed by atoms with Crippen molar-refractivity contribution < 1.29 is 4.79 Å². The van der Waals surface area contributed by atoms with Gasteiger partial charge in [-0.05, 0) is 55.3 Å². The molecule has 1 aliphatic carbocycles. The monoisotopic (exact) mass is 300 g/mol. The zero-order chi connectivity index (χ0) is 15.4. The molecule has 3 heteroatoms. The number of nitrogens with zero attached hydrogens (tertiary/aromatic N) is 1. The number of hydrogen-bond acceptors (Lipinski definition) is 2. The van der Waals surface area contributed by atoms with E-state index in [9.17, 15) is 4.79 Å². The van der Waals surface area contributed by atoms with Crippen LogP contribution in [0, 0.1) is 11.8 Å². The highest BCUT2D eigenvalue weighted by Crippen LogP contribution is 2.35. The fourth-order valence-corrected chi connectivity index (χ4v) is 4.05. The Morgan fingerprint density at radius 1 is 1.14 bits per heavy atom. The number of aryl methyl sites for hydroxylation is 1. The number of carbonyl (C=O) groups is 1. The van der Waals surface area contributed by atoms with Gasteiger partial charge in [0.15, 0.2) is 0 Å². The van der Waals surface area contributed by atoms with E-state index < -0.39 is 0 Å². The van der Waals surface area contributed by atoms with Crippen molar-refractivity contribution in [2.75, 3.05) is 25.0 Å². The van der Waals surface area contributed by atoms with Gasteiger partial charge < -0.3 is 5.32 Å². The highest BCUT2D eigenvalue weighted by molar-refractivity contribution is 5.92. The number of fused-ring (bicyclic) bond motifs is 1. The van der Waals surface area contributed by atoms with Crippen molar-refractivity contribution in [3.8, 4) is 0 Å². The summed E-state index contributed by atoms with van der Waals surface area (Å²) in [7, 11) is 0. The van der Waals surface area contributed by atoms with Crippen molar-refractivity contribution in [2.24, 2.45) is 11.8 Å². The van der Waals surface area contributed by atoms with Crippen LogP contribution >= 0.6 is 0 Å². The van der Waals surface area contributed by atoms with Gasteiger partial charge in [0.05, 0.1) is 6.54 Å². The third-order valence-electron chi connectivity index (χ3n) is 5.39. The lowest BCUT2D eigenvalue weighted by molar-refractivity contribution is -0.118. The van der Waals surface area contributed by atoms with Gasteiger partial charge in [0.2, 0.25) is 5.91 Å². The number of rotatable bonds is 4. The third-order valence-corrected chi connectivity index (χ3v) is 5.39. The fourth-order valence-electron chi connectivity index (χ4n) is 4.05. The maximum absolute atomic E-state index is 12.2. The largest absolute Gasteiger partial charge is 0.325 e. The number of nitrogens with one attached hydrogen (secondary N) is 1. The van der Waals surface area contributed by atoms with Crippen LogP contribution in [0.2, 0.25) is 0 Å². The summed E-state index contributed by atoms with van der Waals surface area (Å²) < 4.78 is 0. The van der Waals surface area contributed by atoms with Gasteiger partial charge in [0.25, 0.3) is 0 Å². The molecular formula is C19H28N2O. The van der Waals surface area contributed by atoms with Crippen LogP contribution in [0.15, 0.2) is 24.3 Å². The molecule has 3 nitrogen and oxygen atoms in total. The first-order valence-electron chi connectivity index (χ1n) is 8.85. The van der Waals surface area contributed by atoms with E-state index in [1.54, 1.807) is 0 Å². The molecule has 1 aromatic carbocycles. The molecule has 0 spiro atoms. The van der Waals surface area contributed by atoms with Crippen LogP contribution in [0.25, 0.3) is 0 Å². The summed E-state index contributed by atoms with van der Waals surface area (Å²) in [6.45, 7) is 4.89. The molecule has 22 heavy (non-hydrogen) atoms. The second-order valence-corrected chi connectivity index (χ2v) is 6.93. The first-order valence-corrected chi connectivity index (χ1v) is 8.85. The van der Waals surface area contributed by atoms with Crippen LogP contribution < -0.4 is 5.32 Å². The molecule has 2 fully saturated rings. The van der Waals surface area contributed by atoms with Crippen LogP contribution in [-0.4, -0.2) is 30.4 Å². The van der Waals surface area contributed by atoms with Gasteiger partial charge in [-0.2, -0.15) is 0 Å². The van der Waals surface area contributed by atoms with E-state index in [0.29, 0.717) is 6.54 Å². The lowest BCUT2D eigenvalue weighted by Gasteiger charge is -2.41. The molecule has 1 saturated heterocycles. The van der Waals surface area contributed by atoms with Crippen LogP contribution in [0.5, 0.6) is 0 Å². The number of hydrogen-bond donors (Lipinski definition) is 1. The predicted octanol–water partition coefficient (Wildman–Crippen LogP) is 3.70. The summed E-state index contributed by atoms with van der Waals surface area (Å²) >= 11 is 0. The number of benzene rings is 1. The molecule has 0 unspecified atom stereocenters. The standard InChI is InChI=1S/C19H28N2O/c1-2-15-7-9-18(10-8-15)20-19(22)14-21-12-11-16-5-3-4-6-17(16)13-21/h7-10,16-17H,2-6,11-14H2,1H3,(H,20,22)/t16-,17+/m0/s1. The van der Waals surface area contributed by atoms with Crippen LogP contribution in [0.4, 0.5) is 5.69 Å². The Kier molecular flexibility index (Phi) is 5.14. The normalized spacial score (nSPS) is 25.5. The lowest BCUT2D eigenvalue weighted by atomic mass is 9.75. The van der Waals surface area contributed by atoms with E-state index in [4.69, 9.17) is 0 Å². The molecule has 0 aromatic heterocycles. The van der Waals surface area contributed by atoms with Crippen molar-refractivity contribution in [1.82, 2.24) is 4.90 Å². The molecule has 0 radical (unpaired) electrons. The van der Waals surface area contributed by atoms with Gasteiger partial charge in [0, 0.05) is 12.2 Å². The van der Waals surface area contributed by atoms with E-state index >= 15 is 0 Å². The van der Waals surface area contributed by atoms with Gasteiger partial charge in [-0.25, -0.2) is 0 Å². The fraction of sp³-hybridized carbons (Fsp3) is 0.632. The maximum Gasteiger partial charge on any atom is 0.238 e. The summed E-state index contributed by atoms with van der Waals surface area (Å²) in [5.41, 5.74) is 2.21. The average molecular weight is 300 g/mol. The van der Waals surface area contributed by atoms with E-state index in [1.807, 2.05) is 12.1 Å². The Hall–Kier alpha value is -1.35. The molecule has 120 valence electrons. The predicted molar refractivity (Wildman–Crippen MR) is 91.0 cm³/mol. The highest BCUT2D eigenvalue weighted by atomic mass is 16.2. The zero-order valence-electron chi connectivity index (χ0n) is 13.7. The summed E-state index contributed by atoms with van der Waals surface area (Å²) in [6.07, 6.45) is 7.88. The van der Waals surface area contributed by atoms with Crippen LogP contribution in [0.3, 0.4) is 0 Å². The van der Waals surface area contributed by atoms with Crippen molar-refractivity contribution in [3.05, 3.63) is 29.8 Å². The first-order chi connectivity index (χ1) is 10.7. The SMILES string of the molecule is CCc1ccc(NC(=O)CN2CC[C@@H]3CCCC[C@@H]3C2)cc1. The first kappa shape index (κ1) is 15.5. The third kappa shape index (κ3) is 3.89. The zero-order valence-corrected chi connectivity index (χ0v) is 13.7. The molecule has 1 N–H and O–H groups in total. The lowest BCUT2D eigenvalue weighted by Crippen LogP contribution is -2.44. The molecular weight excluding hydrogens is 272 g/mol. The topological polar surface area (TPSA) is 32.3 Å². The van der Waals surface area contributed by atoms with Crippen molar-refractivity contribution in [1.29, 1.82) is 0 Å². The summed E-state index contributed by atoms with van der Waals surface area (Å²) in [6, 6.07) is 8.18. The van der Waals surface area contributed by atoms with E-state index in [0.717, 1.165) is 37.0 Å². The number of anilines is 1. The minimum absolute atomic E-state index is 0.124. The Morgan fingerprint density at radius 2 is 1.86 bits per heavy atom. The summed E-state index contributed by atoms with van der Waals surface area (Å²) in [4.78, 5) is 14.6. The quantitative estimate of drug-likeness (QED) is 0.919. The molecule has 2 aliphatic rings. The molecule has 3 rings (SSSR count). The van der Waals surface area contributed by atoms with Crippen molar-refractivity contribution in [2.45, 2.75) is 45.4 Å². The molecule has 1 saturated carbocycles. The van der Waals surface area contributed by atoms with Gasteiger partial charge >= 0.3 is 0 Å². The maximum atomic E-state index is 12.2. The Morgan fingerprint density at radius 3 is 2.59 bits per heavy atom. The highest BCUT2D eigenvalue weighted by Gasteiger charge is 2.31. The molecule has 0 bridgehead atoms. The molecule has 1 aliphatic heterocycles. The average Bonchev–Trinajstić information content (AvgIpc) is 2.55. The minimum Gasteiger partial charge on any atom is -0.325 e. The van der Waals surface area contributed by atoms with Crippen molar-refractivity contribution >= 4 is 11.6 Å². The molecule has 1 aromatic rings. The smallest absolute Gasteiger partial charge is 0.238 e. The second-order valence-electron chi connectivity index (χ2n) is 6.93. The van der Waals surface area contributed by atoms with E-state index in [1.165, 1.54) is 37.7 Å². The number of likely N-dealkylation sites (tertiary alicyclic amines) is 1. The summed E-state index contributed by atoms with van der Waals surface area (Å²) in [5.74, 6) is 1.88. The van der Waals surface area contributed by atoms with Gasteiger partial charge in [-0.1, -0.05) is 38.3 Å². The molecule has 1 amide bonds. The number of carbonyl (C=O) groups excluding carboxylic acids is 1. The molecule has 1 heterocycles. The van der Waals surface area contributed by atoms with Crippen LogP contribution in [-0.2, 0) is 11.2 Å². The Labute approximate surface area is 134 Å². The Bertz CT molecular complexity index is 497. The molecule has 2 atom stereocenters. The number of piperidine rings is 1. The van der Waals surface area contributed by atoms with Gasteiger partial charge in [-0.3, -0.25) is 9.69 Å². The van der Waals surface area contributed by atoms with Crippen molar-refractivity contribution in [3.63, 3.8) is 0 Å². The second kappa shape index (κ2) is 7.28. The Balaban J connectivity index is 1.48. The van der Waals surface area contributed by atoms with E-state index in [-0.39, 0.29) is 5.91 Å². The number of amides is 1. The van der Waals surface area contributed by atoms with E-state index in [2.05, 4.69) is 29.3 Å².